The summed E-state index contributed by atoms with van der Waals surface area (Å²) < 4.78 is 1.95. The number of urea groups is 1. The molecule has 1 aromatic carbocycles. The molecule has 7 nitrogen and oxygen atoms in total. The van der Waals surface area contributed by atoms with Crippen molar-refractivity contribution >= 4 is 22.6 Å². The molecule has 2 aromatic heterocycles. The lowest BCUT2D eigenvalue weighted by atomic mass is 10.1. The highest BCUT2D eigenvalue weighted by molar-refractivity contribution is 6.00. The molecule has 7 heteroatoms. The fraction of sp³-hybridized carbons (Fsp3) is 0.353. The lowest BCUT2D eigenvalue weighted by Crippen LogP contribution is -2.31. The first-order valence-electron chi connectivity index (χ1n) is 8.04. The van der Waals surface area contributed by atoms with E-state index in [0.717, 1.165) is 40.1 Å². The highest BCUT2D eigenvalue weighted by Gasteiger charge is 2.19. The molecule has 3 N–H and O–H groups in total. The lowest BCUT2D eigenvalue weighted by molar-refractivity contribution is 0.249. The average molecular weight is 326 g/mol. The summed E-state index contributed by atoms with van der Waals surface area (Å²) in [6.45, 7) is 8.83. The molecule has 2 amide bonds. The minimum atomic E-state index is -0.251. The molecule has 0 bridgehead atoms. The summed E-state index contributed by atoms with van der Waals surface area (Å²) in [5.41, 5.74) is 4.70. The van der Waals surface area contributed by atoms with Gasteiger partial charge in [0.2, 0.25) is 0 Å². The second kappa shape index (κ2) is 6.35. The van der Waals surface area contributed by atoms with Gasteiger partial charge in [-0.25, -0.2) is 4.79 Å². The molecular weight excluding hydrogens is 304 g/mol. The van der Waals surface area contributed by atoms with Crippen LogP contribution in [0.1, 0.15) is 36.8 Å². The number of nitrogens with one attached hydrogen (secondary N) is 3. The molecule has 0 spiro atoms. The van der Waals surface area contributed by atoms with E-state index in [4.69, 9.17) is 0 Å². The van der Waals surface area contributed by atoms with Gasteiger partial charge >= 0.3 is 6.03 Å². The Balaban J connectivity index is 1.75. The number of aryl methyl sites for hydroxylation is 2. The van der Waals surface area contributed by atoms with Crippen LogP contribution in [0.15, 0.2) is 24.4 Å². The Kier molecular flexibility index (Phi) is 4.24. The van der Waals surface area contributed by atoms with Crippen molar-refractivity contribution in [2.75, 3.05) is 5.32 Å². The van der Waals surface area contributed by atoms with Crippen LogP contribution in [0.4, 0.5) is 10.5 Å². The van der Waals surface area contributed by atoms with Crippen LogP contribution in [-0.4, -0.2) is 26.0 Å². The van der Waals surface area contributed by atoms with Crippen molar-refractivity contribution in [3.63, 3.8) is 0 Å². The zero-order valence-corrected chi connectivity index (χ0v) is 14.3. The summed E-state index contributed by atoms with van der Waals surface area (Å²) in [6, 6.07) is 5.26. The van der Waals surface area contributed by atoms with Crippen molar-refractivity contribution in [1.82, 2.24) is 25.3 Å². The van der Waals surface area contributed by atoms with E-state index in [1.165, 1.54) is 0 Å². The second-order valence-corrected chi connectivity index (χ2v) is 5.86. The summed E-state index contributed by atoms with van der Waals surface area (Å²) in [6.07, 6.45) is 1.70. The molecule has 3 rings (SSSR count). The number of benzene rings is 1. The molecule has 24 heavy (non-hydrogen) atoms. The van der Waals surface area contributed by atoms with E-state index >= 15 is 0 Å². The summed E-state index contributed by atoms with van der Waals surface area (Å²) in [7, 11) is 0. The topological polar surface area (TPSA) is 87.6 Å². The van der Waals surface area contributed by atoms with Gasteiger partial charge in [-0.3, -0.25) is 9.78 Å². The molecule has 0 fully saturated rings. The predicted molar refractivity (Wildman–Crippen MR) is 94.0 cm³/mol. The highest BCUT2D eigenvalue weighted by Crippen LogP contribution is 2.23. The molecule has 0 aliphatic carbocycles. The Morgan fingerprint density at radius 1 is 1.38 bits per heavy atom. The van der Waals surface area contributed by atoms with Gasteiger partial charge in [0.25, 0.3) is 0 Å². The summed E-state index contributed by atoms with van der Waals surface area (Å²) in [5.74, 6) is 0. The van der Waals surface area contributed by atoms with Crippen LogP contribution in [0.3, 0.4) is 0 Å². The smallest absolute Gasteiger partial charge is 0.319 e. The van der Waals surface area contributed by atoms with Gasteiger partial charge in [0, 0.05) is 23.2 Å². The van der Waals surface area contributed by atoms with Gasteiger partial charge in [0.1, 0.15) is 0 Å². The molecule has 2 heterocycles. The van der Waals surface area contributed by atoms with Gasteiger partial charge in [-0.1, -0.05) is 6.07 Å². The van der Waals surface area contributed by atoms with Crippen LogP contribution in [0.25, 0.3) is 10.9 Å². The van der Waals surface area contributed by atoms with Crippen LogP contribution in [0, 0.1) is 13.8 Å². The number of aromatic amines is 1. The molecular formula is C17H22N6O. The number of anilines is 1. The largest absolute Gasteiger partial charge is 0.331 e. The Hall–Kier alpha value is -2.83. The molecule has 0 unspecified atom stereocenters. The van der Waals surface area contributed by atoms with Crippen LogP contribution in [-0.2, 0) is 6.54 Å². The number of fused-ring (bicyclic) bond motifs is 1. The Labute approximate surface area is 140 Å². The summed E-state index contributed by atoms with van der Waals surface area (Å²) >= 11 is 0. The number of hydrogen-bond acceptors (Lipinski definition) is 3. The van der Waals surface area contributed by atoms with Gasteiger partial charge in [0.15, 0.2) is 0 Å². The molecule has 0 aliphatic rings. The van der Waals surface area contributed by atoms with Gasteiger partial charge in [-0.15, -0.1) is 0 Å². The lowest BCUT2D eigenvalue weighted by Gasteiger charge is -2.16. The van der Waals surface area contributed by atoms with Crippen molar-refractivity contribution in [2.45, 2.75) is 40.3 Å². The van der Waals surface area contributed by atoms with E-state index in [2.05, 4.69) is 32.9 Å². The van der Waals surface area contributed by atoms with E-state index < -0.39 is 0 Å². The third kappa shape index (κ3) is 2.84. The van der Waals surface area contributed by atoms with Gasteiger partial charge in [-0.2, -0.15) is 10.2 Å². The van der Waals surface area contributed by atoms with E-state index in [0.29, 0.717) is 0 Å². The Morgan fingerprint density at radius 3 is 2.88 bits per heavy atom. The summed E-state index contributed by atoms with van der Waals surface area (Å²) in [4.78, 5) is 12.4. The minimum Gasteiger partial charge on any atom is -0.331 e. The monoisotopic (exact) mass is 326 g/mol. The number of rotatable bonds is 4. The third-order valence-corrected chi connectivity index (χ3v) is 4.25. The Bertz CT molecular complexity index is 878. The Morgan fingerprint density at radius 2 is 2.17 bits per heavy atom. The third-order valence-electron chi connectivity index (χ3n) is 4.25. The van der Waals surface area contributed by atoms with Crippen molar-refractivity contribution in [2.24, 2.45) is 0 Å². The van der Waals surface area contributed by atoms with Crippen LogP contribution in [0.5, 0.6) is 0 Å². The number of amides is 2. The van der Waals surface area contributed by atoms with Crippen LogP contribution < -0.4 is 10.6 Å². The van der Waals surface area contributed by atoms with Gasteiger partial charge in [0.05, 0.1) is 29.1 Å². The maximum atomic E-state index is 12.4. The molecule has 0 saturated heterocycles. The number of carbonyl (C=O) groups excluding carboxylic acids is 1. The number of nitrogens with zero attached hydrogens (tertiary/aromatic N) is 3. The fourth-order valence-corrected chi connectivity index (χ4v) is 3.15. The molecule has 3 aromatic rings. The second-order valence-electron chi connectivity index (χ2n) is 5.86. The van der Waals surface area contributed by atoms with E-state index in [9.17, 15) is 4.79 Å². The molecule has 1 atom stereocenters. The first-order valence-corrected chi connectivity index (χ1v) is 8.04. The zero-order chi connectivity index (χ0) is 17.3. The van der Waals surface area contributed by atoms with Crippen LogP contribution in [0.2, 0.25) is 0 Å². The maximum Gasteiger partial charge on any atom is 0.319 e. The minimum absolute atomic E-state index is 0.131. The van der Waals surface area contributed by atoms with E-state index in [-0.39, 0.29) is 12.1 Å². The standard InChI is InChI=1S/C17H22N6O/c1-5-23-12(4)16(11(3)22-23)10(2)19-17(24)20-14-7-6-8-15-13(14)9-18-21-15/h6-10H,5H2,1-4H3,(H,18,21)(H2,19,20,24)/t10-/m1/s1. The first kappa shape index (κ1) is 16.0. The average Bonchev–Trinajstić information content (AvgIpc) is 3.12. The van der Waals surface area contributed by atoms with Crippen molar-refractivity contribution in [3.8, 4) is 0 Å². The van der Waals surface area contributed by atoms with Gasteiger partial charge < -0.3 is 10.6 Å². The quantitative estimate of drug-likeness (QED) is 0.687. The molecule has 0 aliphatic heterocycles. The number of carbonyl (C=O) groups is 1. The molecule has 126 valence electrons. The summed E-state index contributed by atoms with van der Waals surface area (Å²) in [5, 5.41) is 18.2. The van der Waals surface area contributed by atoms with Crippen molar-refractivity contribution in [3.05, 3.63) is 41.3 Å². The predicted octanol–water partition coefficient (Wildman–Crippen LogP) is 3.28. The maximum absolute atomic E-state index is 12.4. The molecule has 0 saturated carbocycles. The number of H-pyrrole nitrogens is 1. The highest BCUT2D eigenvalue weighted by atomic mass is 16.2. The fourth-order valence-electron chi connectivity index (χ4n) is 3.15. The van der Waals surface area contributed by atoms with Crippen LogP contribution >= 0.6 is 0 Å². The SMILES string of the molecule is CCn1nc(C)c([C@@H](C)NC(=O)Nc2cccc3[nH]ncc23)c1C. The number of aromatic nitrogens is 4. The van der Waals surface area contributed by atoms with Crippen molar-refractivity contribution in [1.29, 1.82) is 0 Å². The van der Waals surface area contributed by atoms with Gasteiger partial charge in [-0.05, 0) is 39.8 Å². The molecule has 0 radical (unpaired) electrons. The van der Waals surface area contributed by atoms with E-state index in [1.54, 1.807) is 6.20 Å². The zero-order valence-electron chi connectivity index (χ0n) is 14.3. The van der Waals surface area contributed by atoms with Crippen molar-refractivity contribution < 1.29 is 4.79 Å². The first-order chi connectivity index (χ1) is 11.5. The van der Waals surface area contributed by atoms with E-state index in [1.807, 2.05) is 43.7 Å². The number of hydrogen-bond donors (Lipinski definition) is 3. The normalized spacial score (nSPS) is 12.3.